The lowest BCUT2D eigenvalue weighted by molar-refractivity contribution is 0.0943. The highest BCUT2D eigenvalue weighted by Crippen LogP contribution is 2.13. The van der Waals surface area contributed by atoms with Crippen molar-refractivity contribution in [2.75, 3.05) is 6.54 Å². The second-order valence-electron chi connectivity index (χ2n) is 5.17. The third-order valence-corrected chi connectivity index (χ3v) is 3.19. The molecule has 2 aromatic heterocycles. The number of carbonyl (C=O) groups is 1. The van der Waals surface area contributed by atoms with Gasteiger partial charge in [0.2, 0.25) is 0 Å². The molecule has 1 amide bonds. The van der Waals surface area contributed by atoms with Crippen LogP contribution in [0.1, 0.15) is 48.1 Å². The molecule has 0 aliphatic carbocycles. The first-order chi connectivity index (χ1) is 9.58. The number of nitrogens with zero attached hydrogens (tertiary/aromatic N) is 2. The van der Waals surface area contributed by atoms with Gasteiger partial charge in [0.1, 0.15) is 11.5 Å². The topological polar surface area (TPSA) is 60.1 Å². The summed E-state index contributed by atoms with van der Waals surface area (Å²) in [5.74, 6) is 1.19. The smallest absolute Gasteiger partial charge is 0.269 e. The highest BCUT2D eigenvalue weighted by molar-refractivity contribution is 5.92. The van der Waals surface area contributed by atoms with Crippen LogP contribution in [0.3, 0.4) is 0 Å². The van der Waals surface area contributed by atoms with Crippen LogP contribution >= 0.6 is 0 Å². The number of carbonyl (C=O) groups excluding carboxylic acids is 1. The molecule has 20 heavy (non-hydrogen) atoms. The van der Waals surface area contributed by atoms with E-state index in [1.807, 2.05) is 18.2 Å². The van der Waals surface area contributed by atoms with E-state index in [0.29, 0.717) is 18.2 Å². The van der Waals surface area contributed by atoms with Crippen LogP contribution in [-0.2, 0) is 13.5 Å². The van der Waals surface area contributed by atoms with Crippen molar-refractivity contribution in [1.29, 1.82) is 0 Å². The Morgan fingerprint density at radius 1 is 1.50 bits per heavy atom. The predicted octanol–water partition coefficient (Wildman–Crippen LogP) is 2.50. The van der Waals surface area contributed by atoms with Crippen molar-refractivity contribution in [2.24, 2.45) is 7.05 Å². The Kier molecular flexibility index (Phi) is 4.61. The van der Waals surface area contributed by atoms with Crippen molar-refractivity contribution in [1.82, 2.24) is 15.1 Å². The van der Waals surface area contributed by atoms with E-state index in [2.05, 4.69) is 24.3 Å². The Bertz CT molecular complexity index is 556. The van der Waals surface area contributed by atoms with Crippen LogP contribution in [0.25, 0.3) is 0 Å². The van der Waals surface area contributed by atoms with Gasteiger partial charge in [-0.15, -0.1) is 0 Å². The van der Waals surface area contributed by atoms with Crippen LogP contribution < -0.4 is 5.32 Å². The second kappa shape index (κ2) is 6.41. The van der Waals surface area contributed by atoms with Gasteiger partial charge in [0, 0.05) is 20.0 Å². The van der Waals surface area contributed by atoms with Gasteiger partial charge < -0.3 is 9.73 Å². The van der Waals surface area contributed by atoms with Gasteiger partial charge in [0.25, 0.3) is 5.91 Å². The lowest BCUT2D eigenvalue weighted by Crippen LogP contribution is -2.26. The minimum atomic E-state index is -0.0775. The Hall–Kier alpha value is -2.04. The fourth-order valence-corrected chi connectivity index (χ4v) is 1.99. The molecule has 0 bridgehead atoms. The average Bonchev–Trinajstić information content (AvgIpc) is 3.03. The van der Waals surface area contributed by atoms with Gasteiger partial charge in [0.05, 0.1) is 12.0 Å². The maximum atomic E-state index is 12.1. The first-order valence-corrected chi connectivity index (χ1v) is 6.92. The van der Waals surface area contributed by atoms with E-state index in [9.17, 15) is 4.79 Å². The molecular formula is C15H21N3O2. The first kappa shape index (κ1) is 14.4. The molecular weight excluding hydrogens is 254 g/mol. The van der Waals surface area contributed by atoms with Crippen LogP contribution in [-0.4, -0.2) is 22.2 Å². The number of rotatable bonds is 6. The maximum absolute atomic E-state index is 12.1. The van der Waals surface area contributed by atoms with Crippen molar-refractivity contribution in [2.45, 2.75) is 32.6 Å². The van der Waals surface area contributed by atoms with Crippen molar-refractivity contribution in [3.8, 4) is 0 Å². The van der Waals surface area contributed by atoms with Crippen LogP contribution in [0.2, 0.25) is 0 Å². The van der Waals surface area contributed by atoms with E-state index in [-0.39, 0.29) is 5.91 Å². The molecule has 5 nitrogen and oxygen atoms in total. The van der Waals surface area contributed by atoms with Crippen LogP contribution in [0.5, 0.6) is 0 Å². The molecule has 5 heteroatoms. The highest BCUT2D eigenvalue weighted by Gasteiger charge is 2.14. The zero-order chi connectivity index (χ0) is 14.5. The van der Waals surface area contributed by atoms with Gasteiger partial charge in [-0.05, 0) is 30.5 Å². The molecule has 0 saturated carbocycles. The second-order valence-corrected chi connectivity index (χ2v) is 5.17. The van der Waals surface area contributed by atoms with Gasteiger partial charge in [0.15, 0.2) is 0 Å². The number of aryl methyl sites for hydroxylation is 2. The molecule has 0 saturated heterocycles. The van der Waals surface area contributed by atoms with Gasteiger partial charge in [-0.1, -0.05) is 13.8 Å². The fourth-order valence-electron chi connectivity index (χ4n) is 1.99. The Balaban J connectivity index is 1.82. The highest BCUT2D eigenvalue weighted by atomic mass is 16.3. The monoisotopic (exact) mass is 275 g/mol. The Morgan fingerprint density at radius 2 is 2.30 bits per heavy atom. The molecule has 0 aliphatic heterocycles. The summed E-state index contributed by atoms with van der Waals surface area (Å²) in [6, 6.07) is 5.67. The summed E-state index contributed by atoms with van der Waals surface area (Å²) in [4.78, 5) is 12.1. The molecule has 108 valence electrons. The zero-order valence-electron chi connectivity index (χ0n) is 12.2. The van der Waals surface area contributed by atoms with Crippen molar-refractivity contribution in [3.05, 3.63) is 41.6 Å². The fraction of sp³-hybridized carbons (Fsp3) is 0.467. The lowest BCUT2D eigenvalue weighted by Gasteiger charge is -2.04. The van der Waals surface area contributed by atoms with E-state index < -0.39 is 0 Å². The van der Waals surface area contributed by atoms with Crippen LogP contribution in [0, 0.1) is 0 Å². The number of hydrogen-bond donors (Lipinski definition) is 1. The first-order valence-electron chi connectivity index (χ1n) is 6.92. The minimum absolute atomic E-state index is 0.0775. The molecule has 0 unspecified atom stereocenters. The third-order valence-electron chi connectivity index (χ3n) is 3.19. The largest absolute Gasteiger partial charge is 0.469 e. The van der Waals surface area contributed by atoms with Gasteiger partial charge >= 0.3 is 0 Å². The van der Waals surface area contributed by atoms with E-state index in [0.717, 1.165) is 24.3 Å². The van der Waals surface area contributed by atoms with Crippen molar-refractivity contribution < 1.29 is 9.21 Å². The minimum Gasteiger partial charge on any atom is -0.469 e. The molecule has 0 aromatic carbocycles. The van der Waals surface area contributed by atoms with E-state index in [1.165, 1.54) is 0 Å². The summed E-state index contributed by atoms with van der Waals surface area (Å²) in [5, 5.41) is 7.25. The molecule has 0 atom stereocenters. The maximum Gasteiger partial charge on any atom is 0.269 e. The molecule has 2 heterocycles. The SMILES string of the molecule is CC(C)c1cc(C(=O)NCCCc2ccco2)n(C)n1. The number of hydrogen-bond acceptors (Lipinski definition) is 3. The zero-order valence-corrected chi connectivity index (χ0v) is 12.2. The molecule has 1 N–H and O–H groups in total. The molecule has 0 spiro atoms. The normalized spacial score (nSPS) is 11.0. The average molecular weight is 275 g/mol. The standard InChI is InChI=1S/C15H21N3O2/c1-11(2)13-10-14(18(3)17-13)15(19)16-8-4-6-12-7-5-9-20-12/h5,7,9-11H,4,6,8H2,1-3H3,(H,16,19). The number of furan rings is 1. The summed E-state index contributed by atoms with van der Waals surface area (Å²) in [6.45, 7) is 4.75. The van der Waals surface area contributed by atoms with Crippen molar-refractivity contribution >= 4 is 5.91 Å². The predicted molar refractivity (Wildman–Crippen MR) is 76.7 cm³/mol. The summed E-state index contributed by atoms with van der Waals surface area (Å²) < 4.78 is 6.88. The van der Waals surface area contributed by atoms with E-state index >= 15 is 0 Å². The molecule has 2 aromatic rings. The van der Waals surface area contributed by atoms with Crippen LogP contribution in [0.4, 0.5) is 0 Å². The molecule has 0 aliphatic rings. The van der Waals surface area contributed by atoms with Crippen molar-refractivity contribution in [3.63, 3.8) is 0 Å². The third kappa shape index (κ3) is 3.50. The summed E-state index contributed by atoms with van der Waals surface area (Å²) in [5.41, 5.74) is 1.54. The van der Waals surface area contributed by atoms with Crippen LogP contribution in [0.15, 0.2) is 28.9 Å². The summed E-state index contributed by atoms with van der Waals surface area (Å²) in [7, 11) is 1.80. The Morgan fingerprint density at radius 3 is 2.90 bits per heavy atom. The lowest BCUT2D eigenvalue weighted by atomic mass is 10.1. The molecule has 0 fully saturated rings. The quantitative estimate of drug-likeness (QED) is 0.824. The number of nitrogens with one attached hydrogen (secondary N) is 1. The van der Waals surface area contributed by atoms with Gasteiger partial charge in [-0.25, -0.2) is 0 Å². The number of aromatic nitrogens is 2. The number of amides is 1. The van der Waals surface area contributed by atoms with E-state index in [1.54, 1.807) is 18.0 Å². The van der Waals surface area contributed by atoms with Gasteiger partial charge in [-0.3, -0.25) is 9.48 Å². The molecule has 0 radical (unpaired) electrons. The van der Waals surface area contributed by atoms with Gasteiger partial charge in [-0.2, -0.15) is 5.10 Å². The Labute approximate surface area is 119 Å². The molecule has 2 rings (SSSR count). The van der Waals surface area contributed by atoms with E-state index in [4.69, 9.17) is 4.42 Å². The summed E-state index contributed by atoms with van der Waals surface area (Å²) >= 11 is 0. The summed E-state index contributed by atoms with van der Waals surface area (Å²) in [6.07, 6.45) is 3.35.